The van der Waals surface area contributed by atoms with Gasteiger partial charge in [0.25, 0.3) is 0 Å². The van der Waals surface area contributed by atoms with Crippen LogP contribution in [0.3, 0.4) is 0 Å². The van der Waals surface area contributed by atoms with Crippen LogP contribution < -0.4 is 20.7 Å². The summed E-state index contributed by atoms with van der Waals surface area (Å²) in [5.41, 5.74) is 1.74. The van der Waals surface area contributed by atoms with E-state index in [1.165, 1.54) is 6.20 Å². The molecule has 6 unspecified atom stereocenters. The summed E-state index contributed by atoms with van der Waals surface area (Å²) in [4.78, 5) is 43.0. The molecule has 2 heterocycles. The van der Waals surface area contributed by atoms with Crippen LogP contribution in [-0.4, -0.2) is 71.2 Å². The topological polar surface area (TPSA) is 140 Å². The van der Waals surface area contributed by atoms with Gasteiger partial charge in [0.1, 0.15) is 42.2 Å². The Labute approximate surface area is 257 Å². The standard InChI is InChI=1S/C34H40N4O6/c1-21(2)31-27(37-34(43)28(38(3)4)30(40)24-13-9-6-10-14-24)33(42)36-26(29(39)23-11-7-5-8-12-23)32(41)35-20-19-22-15-17-25(44-31)18-16-22/h5-21,26-31,39-40H,1-4H3,(H,35,41)(H,36,42)(H,37,43). The number of hydrogen-bond acceptors (Lipinski definition) is 7. The van der Waals surface area contributed by atoms with Gasteiger partial charge in [-0.3, -0.25) is 19.3 Å². The summed E-state index contributed by atoms with van der Waals surface area (Å²) in [5.74, 6) is -1.83. The van der Waals surface area contributed by atoms with Gasteiger partial charge in [-0.1, -0.05) is 86.6 Å². The number of fused-ring (bicyclic) bond motifs is 10. The van der Waals surface area contributed by atoms with Crippen molar-refractivity contribution in [2.45, 2.75) is 50.3 Å². The fraction of sp³-hybridized carbons (Fsp3) is 0.324. The summed E-state index contributed by atoms with van der Waals surface area (Å²) in [5, 5.41) is 30.6. The van der Waals surface area contributed by atoms with Gasteiger partial charge in [0.05, 0.1) is 0 Å². The van der Waals surface area contributed by atoms with Crippen molar-refractivity contribution in [1.82, 2.24) is 20.9 Å². The average molecular weight is 601 g/mol. The molecule has 5 rings (SSSR count). The highest BCUT2D eigenvalue weighted by molar-refractivity contribution is 5.94. The van der Waals surface area contributed by atoms with Crippen molar-refractivity contribution in [3.63, 3.8) is 0 Å². The van der Waals surface area contributed by atoms with Gasteiger partial charge >= 0.3 is 0 Å². The Morgan fingerprint density at radius 2 is 1.45 bits per heavy atom. The van der Waals surface area contributed by atoms with Crippen molar-refractivity contribution in [2.75, 3.05) is 14.1 Å². The summed E-state index contributed by atoms with van der Waals surface area (Å²) < 4.78 is 6.31. The summed E-state index contributed by atoms with van der Waals surface area (Å²) in [7, 11) is 3.32. The Morgan fingerprint density at radius 1 is 0.864 bits per heavy atom. The lowest BCUT2D eigenvalue weighted by Gasteiger charge is -2.35. The van der Waals surface area contributed by atoms with Crippen LogP contribution in [0.2, 0.25) is 0 Å². The first-order valence-electron chi connectivity index (χ1n) is 14.5. The van der Waals surface area contributed by atoms with E-state index in [4.69, 9.17) is 4.74 Å². The minimum absolute atomic E-state index is 0.290. The molecule has 10 nitrogen and oxygen atoms in total. The van der Waals surface area contributed by atoms with Crippen molar-refractivity contribution < 1.29 is 29.3 Å². The molecule has 0 saturated carbocycles. The number of hydrogen-bond donors (Lipinski definition) is 5. The average Bonchev–Trinajstić information content (AvgIpc) is 3.02. The molecule has 2 aliphatic heterocycles. The molecule has 0 fully saturated rings. The number of ether oxygens (including phenoxy) is 1. The molecule has 0 saturated heterocycles. The zero-order valence-electron chi connectivity index (χ0n) is 25.3. The van der Waals surface area contributed by atoms with Gasteiger partial charge in [0, 0.05) is 6.20 Å². The zero-order chi connectivity index (χ0) is 31.8. The van der Waals surface area contributed by atoms with Gasteiger partial charge in [-0.05, 0) is 54.9 Å². The maximum atomic E-state index is 14.1. The Balaban J connectivity index is 1.74. The van der Waals surface area contributed by atoms with E-state index < -0.39 is 54.2 Å². The third kappa shape index (κ3) is 7.90. The lowest BCUT2D eigenvalue weighted by atomic mass is 9.95. The Bertz CT molecular complexity index is 1430. The first kappa shape index (κ1) is 32.4. The van der Waals surface area contributed by atoms with E-state index in [1.807, 2.05) is 19.9 Å². The lowest BCUT2D eigenvalue weighted by Crippen LogP contribution is -2.62. The quantitative estimate of drug-likeness (QED) is 0.268. The van der Waals surface area contributed by atoms with Crippen LogP contribution in [0.15, 0.2) is 91.1 Å². The number of nitrogens with zero attached hydrogens (tertiary/aromatic N) is 1. The van der Waals surface area contributed by atoms with E-state index in [-0.39, 0.29) is 5.92 Å². The molecule has 3 aromatic carbocycles. The SMILES string of the molecule is CC(C)C1Oc2ccc(cc2)C=CNC(=O)C(C(O)c2ccccc2)NC(=O)C1NC(=O)C(C(O)c1ccccc1)N(C)C. The molecule has 6 atom stereocenters. The molecule has 232 valence electrons. The summed E-state index contributed by atoms with van der Waals surface area (Å²) in [6.45, 7) is 3.70. The second kappa shape index (κ2) is 14.8. The maximum Gasteiger partial charge on any atom is 0.249 e. The summed E-state index contributed by atoms with van der Waals surface area (Å²) in [6.07, 6.45) is -0.377. The fourth-order valence-corrected chi connectivity index (χ4v) is 5.12. The van der Waals surface area contributed by atoms with Crippen molar-refractivity contribution in [3.05, 3.63) is 108 Å². The number of aliphatic hydroxyl groups is 2. The van der Waals surface area contributed by atoms with Gasteiger partial charge in [0.2, 0.25) is 17.7 Å². The molecule has 3 aromatic rings. The number of likely N-dealkylation sites (N-methyl/N-ethyl adjacent to an activating group) is 1. The molecule has 0 spiro atoms. The predicted molar refractivity (Wildman–Crippen MR) is 167 cm³/mol. The minimum atomic E-state index is -1.41. The smallest absolute Gasteiger partial charge is 0.249 e. The number of amides is 3. The number of aliphatic hydroxyl groups excluding tert-OH is 2. The predicted octanol–water partition coefficient (Wildman–Crippen LogP) is 2.56. The zero-order valence-corrected chi connectivity index (χ0v) is 25.3. The van der Waals surface area contributed by atoms with Crippen LogP contribution >= 0.6 is 0 Å². The van der Waals surface area contributed by atoms with E-state index in [2.05, 4.69) is 16.0 Å². The highest BCUT2D eigenvalue weighted by Gasteiger charge is 2.40. The third-order valence-corrected chi connectivity index (χ3v) is 7.52. The van der Waals surface area contributed by atoms with E-state index in [1.54, 1.807) is 104 Å². The van der Waals surface area contributed by atoms with Gasteiger partial charge in [-0.25, -0.2) is 0 Å². The van der Waals surface area contributed by atoms with Crippen LogP contribution in [-0.2, 0) is 14.4 Å². The number of carbonyl (C=O) groups excluding carboxylic acids is 3. The van der Waals surface area contributed by atoms with E-state index >= 15 is 0 Å². The molecular formula is C34H40N4O6. The van der Waals surface area contributed by atoms with E-state index in [0.29, 0.717) is 16.9 Å². The summed E-state index contributed by atoms with van der Waals surface area (Å²) in [6, 6.07) is 20.6. The lowest BCUT2D eigenvalue weighted by molar-refractivity contribution is -0.139. The van der Waals surface area contributed by atoms with Gasteiger partial charge in [0.15, 0.2) is 0 Å². The Kier molecular flexibility index (Phi) is 10.9. The normalized spacial score (nSPS) is 21.0. The first-order valence-corrected chi connectivity index (χ1v) is 14.5. The molecule has 2 aliphatic rings. The number of nitrogens with one attached hydrogen (secondary N) is 3. The fourth-order valence-electron chi connectivity index (χ4n) is 5.12. The Hall–Kier alpha value is -4.51. The van der Waals surface area contributed by atoms with Gasteiger partial charge < -0.3 is 30.9 Å². The van der Waals surface area contributed by atoms with Gasteiger partial charge in [-0.15, -0.1) is 0 Å². The Morgan fingerprint density at radius 3 is 2.02 bits per heavy atom. The number of benzene rings is 3. The minimum Gasteiger partial charge on any atom is -0.487 e. The second-order valence-electron chi connectivity index (χ2n) is 11.3. The van der Waals surface area contributed by atoms with Crippen LogP contribution in [0.1, 0.15) is 42.7 Å². The molecule has 2 bridgehead atoms. The van der Waals surface area contributed by atoms with Crippen molar-refractivity contribution in [3.8, 4) is 5.75 Å². The molecule has 10 heteroatoms. The molecule has 44 heavy (non-hydrogen) atoms. The second-order valence-corrected chi connectivity index (χ2v) is 11.3. The van der Waals surface area contributed by atoms with Crippen molar-refractivity contribution in [2.24, 2.45) is 5.92 Å². The molecule has 0 aromatic heterocycles. The molecule has 0 radical (unpaired) electrons. The maximum absolute atomic E-state index is 14.1. The van der Waals surface area contributed by atoms with Crippen LogP contribution in [0, 0.1) is 5.92 Å². The summed E-state index contributed by atoms with van der Waals surface area (Å²) >= 11 is 0. The van der Waals surface area contributed by atoms with E-state index in [9.17, 15) is 24.6 Å². The third-order valence-electron chi connectivity index (χ3n) is 7.52. The molecule has 0 aliphatic carbocycles. The first-order chi connectivity index (χ1) is 21.1. The highest BCUT2D eigenvalue weighted by atomic mass is 16.5. The van der Waals surface area contributed by atoms with Gasteiger partial charge in [-0.2, -0.15) is 0 Å². The number of rotatable bonds is 8. The van der Waals surface area contributed by atoms with Crippen LogP contribution in [0.4, 0.5) is 0 Å². The van der Waals surface area contributed by atoms with Crippen molar-refractivity contribution in [1.29, 1.82) is 0 Å². The highest BCUT2D eigenvalue weighted by Crippen LogP contribution is 2.24. The molecule has 3 amide bonds. The van der Waals surface area contributed by atoms with Crippen molar-refractivity contribution >= 4 is 23.8 Å². The largest absolute Gasteiger partial charge is 0.487 e. The molecular weight excluding hydrogens is 560 g/mol. The van der Waals surface area contributed by atoms with Crippen LogP contribution in [0.5, 0.6) is 5.75 Å². The number of carbonyl (C=O) groups is 3. The molecule has 5 N–H and O–H groups in total. The van der Waals surface area contributed by atoms with Crippen LogP contribution in [0.25, 0.3) is 6.08 Å². The monoisotopic (exact) mass is 600 g/mol. The van der Waals surface area contributed by atoms with E-state index in [0.717, 1.165) is 5.56 Å².